The zero-order valence-electron chi connectivity index (χ0n) is 9.82. The molecule has 0 aliphatic heterocycles. The lowest BCUT2D eigenvalue weighted by atomic mass is 10.4. The van der Waals surface area contributed by atoms with E-state index >= 15 is 0 Å². The first-order valence-corrected chi connectivity index (χ1v) is 6.14. The molecule has 1 rings (SSSR count). The van der Waals surface area contributed by atoms with Crippen molar-refractivity contribution in [3.8, 4) is 5.75 Å². The lowest BCUT2D eigenvalue weighted by Crippen LogP contribution is -2.19. The number of hydrogen-bond acceptors (Lipinski definition) is 5. The molecule has 1 N–H and O–H groups in total. The van der Waals surface area contributed by atoms with Crippen molar-refractivity contribution in [2.24, 2.45) is 0 Å². The van der Waals surface area contributed by atoms with Crippen molar-refractivity contribution < 1.29 is 14.2 Å². The lowest BCUT2D eigenvalue weighted by molar-refractivity contribution is 0.0719. The summed E-state index contributed by atoms with van der Waals surface area (Å²) >= 11 is 1.70. The van der Waals surface area contributed by atoms with Crippen LogP contribution in [0.3, 0.4) is 0 Å². The van der Waals surface area contributed by atoms with E-state index in [4.69, 9.17) is 14.2 Å². The molecular formula is C11H19NO3S. The molecule has 0 amide bonds. The van der Waals surface area contributed by atoms with Crippen LogP contribution in [0.1, 0.15) is 4.88 Å². The Morgan fingerprint density at radius 2 is 2.12 bits per heavy atom. The Morgan fingerprint density at radius 3 is 2.88 bits per heavy atom. The summed E-state index contributed by atoms with van der Waals surface area (Å²) in [6, 6.07) is 1.98. The van der Waals surface area contributed by atoms with Crippen molar-refractivity contribution in [2.75, 3.05) is 40.6 Å². The van der Waals surface area contributed by atoms with Gasteiger partial charge in [-0.3, -0.25) is 0 Å². The molecule has 92 valence electrons. The average Bonchev–Trinajstić information content (AvgIpc) is 2.75. The summed E-state index contributed by atoms with van der Waals surface area (Å²) in [5.41, 5.74) is 0. The minimum absolute atomic E-state index is 0.652. The molecule has 16 heavy (non-hydrogen) atoms. The van der Waals surface area contributed by atoms with Gasteiger partial charge in [-0.2, -0.15) is 0 Å². The minimum atomic E-state index is 0.652. The molecule has 0 fully saturated rings. The van der Waals surface area contributed by atoms with Gasteiger partial charge in [-0.25, -0.2) is 0 Å². The minimum Gasteiger partial charge on any atom is -0.496 e. The van der Waals surface area contributed by atoms with Crippen molar-refractivity contribution in [1.82, 2.24) is 5.32 Å². The summed E-state index contributed by atoms with van der Waals surface area (Å²) in [7, 11) is 3.37. The molecule has 1 aromatic heterocycles. The largest absolute Gasteiger partial charge is 0.496 e. The van der Waals surface area contributed by atoms with E-state index in [0.717, 1.165) is 18.8 Å². The number of methoxy groups -OCH3 is 2. The number of rotatable bonds is 9. The molecule has 0 aliphatic carbocycles. The van der Waals surface area contributed by atoms with E-state index in [2.05, 4.69) is 5.32 Å². The van der Waals surface area contributed by atoms with E-state index in [0.29, 0.717) is 19.8 Å². The maximum atomic E-state index is 5.33. The molecule has 0 aromatic carbocycles. The van der Waals surface area contributed by atoms with Crippen LogP contribution in [0.25, 0.3) is 0 Å². The fraction of sp³-hybridized carbons (Fsp3) is 0.636. The fourth-order valence-electron chi connectivity index (χ4n) is 1.23. The maximum Gasteiger partial charge on any atom is 0.134 e. The van der Waals surface area contributed by atoms with Crippen molar-refractivity contribution >= 4 is 11.3 Å². The van der Waals surface area contributed by atoms with Gasteiger partial charge < -0.3 is 19.5 Å². The van der Waals surface area contributed by atoms with E-state index in [-0.39, 0.29) is 0 Å². The van der Waals surface area contributed by atoms with Gasteiger partial charge in [0.2, 0.25) is 0 Å². The summed E-state index contributed by atoms with van der Waals surface area (Å²) in [6.45, 7) is 3.68. The standard InChI is InChI=1S/C11H19NO3S/c1-13-6-7-15-5-4-12-9-11-10(14-2)3-8-16-11/h3,8,12H,4-7,9H2,1-2H3. The first kappa shape index (κ1) is 13.4. The monoisotopic (exact) mass is 245 g/mol. The fourth-order valence-corrected chi connectivity index (χ4v) is 2.04. The van der Waals surface area contributed by atoms with E-state index in [1.165, 1.54) is 4.88 Å². The van der Waals surface area contributed by atoms with Gasteiger partial charge in [0.1, 0.15) is 5.75 Å². The third-order valence-electron chi connectivity index (χ3n) is 2.06. The first-order chi connectivity index (χ1) is 7.88. The average molecular weight is 245 g/mol. The molecule has 0 bridgehead atoms. The molecule has 1 heterocycles. The van der Waals surface area contributed by atoms with Gasteiger partial charge in [-0.15, -0.1) is 11.3 Å². The number of ether oxygens (including phenoxy) is 3. The number of thiophene rings is 1. The summed E-state index contributed by atoms with van der Waals surface area (Å²) in [4.78, 5) is 1.22. The van der Waals surface area contributed by atoms with Crippen molar-refractivity contribution in [1.29, 1.82) is 0 Å². The van der Waals surface area contributed by atoms with Crippen LogP contribution < -0.4 is 10.1 Å². The van der Waals surface area contributed by atoms with Crippen molar-refractivity contribution in [3.05, 3.63) is 16.3 Å². The highest BCUT2D eigenvalue weighted by atomic mass is 32.1. The Morgan fingerprint density at radius 1 is 1.25 bits per heavy atom. The molecule has 0 saturated carbocycles. The molecule has 0 unspecified atom stereocenters. The van der Waals surface area contributed by atoms with Crippen LogP contribution in [-0.2, 0) is 16.0 Å². The molecule has 0 aliphatic rings. The van der Waals surface area contributed by atoms with Crippen LogP contribution in [0.2, 0.25) is 0 Å². The zero-order valence-corrected chi connectivity index (χ0v) is 10.6. The van der Waals surface area contributed by atoms with Gasteiger partial charge in [0.05, 0.1) is 31.8 Å². The third-order valence-corrected chi connectivity index (χ3v) is 2.97. The van der Waals surface area contributed by atoms with Gasteiger partial charge in [-0.1, -0.05) is 0 Å². The number of hydrogen-bond donors (Lipinski definition) is 1. The van der Waals surface area contributed by atoms with E-state index < -0.39 is 0 Å². The van der Waals surface area contributed by atoms with Crippen molar-refractivity contribution in [3.63, 3.8) is 0 Å². The SMILES string of the molecule is COCCOCCNCc1sccc1OC. The van der Waals surface area contributed by atoms with E-state index in [1.807, 2.05) is 11.4 Å². The van der Waals surface area contributed by atoms with E-state index in [9.17, 15) is 0 Å². The van der Waals surface area contributed by atoms with Gasteiger partial charge in [-0.05, 0) is 11.4 Å². The summed E-state index contributed by atoms with van der Waals surface area (Å²) in [6.07, 6.45) is 0. The van der Waals surface area contributed by atoms with E-state index in [1.54, 1.807) is 25.6 Å². The predicted molar refractivity (Wildman–Crippen MR) is 65.3 cm³/mol. The Hall–Kier alpha value is -0.620. The number of nitrogens with one attached hydrogen (secondary N) is 1. The summed E-state index contributed by atoms with van der Waals surface area (Å²) in [5, 5.41) is 5.34. The smallest absolute Gasteiger partial charge is 0.134 e. The molecular weight excluding hydrogens is 226 g/mol. The van der Waals surface area contributed by atoms with Crippen LogP contribution in [0.15, 0.2) is 11.4 Å². The Balaban J connectivity index is 2.03. The summed E-state index contributed by atoms with van der Waals surface area (Å²) < 4.78 is 15.4. The van der Waals surface area contributed by atoms with Gasteiger partial charge in [0.15, 0.2) is 0 Å². The highest BCUT2D eigenvalue weighted by Gasteiger charge is 2.02. The Labute approximate surface area is 101 Å². The topological polar surface area (TPSA) is 39.7 Å². The summed E-state index contributed by atoms with van der Waals surface area (Å²) in [5.74, 6) is 0.956. The molecule has 4 nitrogen and oxygen atoms in total. The highest BCUT2D eigenvalue weighted by molar-refractivity contribution is 7.10. The quantitative estimate of drug-likeness (QED) is 0.669. The lowest BCUT2D eigenvalue weighted by Gasteiger charge is -2.06. The van der Waals surface area contributed by atoms with Crippen LogP contribution in [0.5, 0.6) is 5.75 Å². The van der Waals surface area contributed by atoms with Crippen LogP contribution in [0.4, 0.5) is 0 Å². The molecule has 0 spiro atoms. The van der Waals surface area contributed by atoms with Crippen molar-refractivity contribution in [2.45, 2.75) is 6.54 Å². The van der Waals surface area contributed by atoms with Gasteiger partial charge >= 0.3 is 0 Å². The Bertz CT molecular complexity index is 278. The van der Waals surface area contributed by atoms with Crippen LogP contribution in [-0.4, -0.2) is 40.6 Å². The second-order valence-electron chi connectivity index (χ2n) is 3.19. The third kappa shape index (κ3) is 4.94. The van der Waals surface area contributed by atoms with Gasteiger partial charge in [0.25, 0.3) is 0 Å². The molecule has 0 radical (unpaired) electrons. The highest BCUT2D eigenvalue weighted by Crippen LogP contribution is 2.23. The molecule has 5 heteroatoms. The van der Waals surface area contributed by atoms with Crippen LogP contribution in [0, 0.1) is 0 Å². The Kier molecular flexibility index (Phi) is 7.16. The molecule has 1 aromatic rings. The normalized spacial score (nSPS) is 10.6. The zero-order chi connectivity index (χ0) is 11.6. The first-order valence-electron chi connectivity index (χ1n) is 5.26. The van der Waals surface area contributed by atoms with Gasteiger partial charge in [0, 0.05) is 20.2 Å². The second-order valence-corrected chi connectivity index (χ2v) is 4.19. The predicted octanol–water partition coefficient (Wildman–Crippen LogP) is 1.51. The second kappa shape index (κ2) is 8.52. The molecule has 0 saturated heterocycles. The maximum absolute atomic E-state index is 5.33. The van der Waals surface area contributed by atoms with Crippen LogP contribution >= 0.6 is 11.3 Å². The molecule has 0 atom stereocenters.